The number of fused-ring (bicyclic) bond motifs is 1. The molecule has 23 heteroatoms. The van der Waals surface area contributed by atoms with Crippen LogP contribution in [0.3, 0.4) is 0 Å². The molecule has 6 aliphatic rings. The monoisotopic (exact) mass is 1630 g/mol. The van der Waals surface area contributed by atoms with Gasteiger partial charge in [0.15, 0.2) is 47.9 Å². The highest BCUT2D eigenvalue weighted by Crippen LogP contribution is 2.51. The Bertz CT molecular complexity index is 2960. The molecule has 6 aliphatic heterocycles. The summed E-state index contributed by atoms with van der Waals surface area (Å²) in [7, 11) is -10.7. The van der Waals surface area contributed by atoms with E-state index in [1.165, 1.54) is 0 Å². The molecular weight excluding hydrogens is 1490 g/mol. The molecule has 0 aliphatic carbocycles. The molecule has 0 spiro atoms. The molecule has 19 atom stereocenters. The first kappa shape index (κ1) is 87.7. The molecule has 0 amide bonds. The standard InChI is InChI=1S/C78H139IO16SSi5/c1-50-43-54(33-35-60-51(2)44-55(87-60)34-38-67-84-41-42-85-67)88-64(52(50)3)48-65-58(69(83-19)66(89-65)46-56(92-98(22,23)75(7,8)9)49-86-97(20,21)74(4,5)6)47-59(80)68(53-31-30-32-57(45-53)96(81)82)61-36-37-62-70(90-61)72(94-100(26,27)77(13,14)15)73(95-101(28,29)78(16,17)18)71(91-62)63(39-40-79)93-99(24,25)76(10,11)12/h30-32,39-40,45,50,54-56,58,60-73H,2-3,33-38,41-44,46-49H2,1,4-29H3,(H,81,82)/p-1/b40-39+/t50-,54+,55+,56+,58+,60+,61-,62+,63?,64-,65+,66-,68?,69-,70+,71+,72?,73?/m1/s1. The number of rotatable bonds is 30. The fourth-order valence-electron chi connectivity index (χ4n) is 14.1. The van der Waals surface area contributed by atoms with Gasteiger partial charge < -0.3 is 64.6 Å². The van der Waals surface area contributed by atoms with Crippen molar-refractivity contribution in [2.75, 3.05) is 26.9 Å². The van der Waals surface area contributed by atoms with Crippen LogP contribution in [-0.4, -0.2) is 181 Å². The lowest BCUT2D eigenvalue weighted by Crippen LogP contribution is -2.69. The van der Waals surface area contributed by atoms with Crippen LogP contribution >= 0.6 is 22.6 Å². The molecule has 6 heterocycles. The van der Waals surface area contributed by atoms with Gasteiger partial charge in [-0.3, -0.25) is 9.00 Å². The first-order valence-corrected chi connectivity index (χ1v) is 54.9. The van der Waals surface area contributed by atoms with E-state index in [0.29, 0.717) is 51.1 Å². The van der Waals surface area contributed by atoms with Crippen molar-refractivity contribution in [2.45, 2.75) is 381 Å². The highest BCUT2D eigenvalue weighted by molar-refractivity contribution is 14.1. The SMILES string of the molecule is C=C1C[C@H](CCC2OCCO2)O[C@H]1CC[C@H]1C[C@@H](C)C(=C)[C@@H](C[C@@H]2O[C@H](C[C@@H](CO[Si](C)(C)C(C)(C)C)O[Si](C)(C)C(C)(C)C)[C@H](OC)[C@H]2CC(=O)C(c2cccc(S(=O)[O-])c2)[C@H]2CC[C@@H]3O[C@@H](C(/C=C/I)O[Si](C)(C)C(C)(C)C)C(O[Si](C)(C)C(C)(C)C)C(O[Si](C)(C)C(C)(C)C)[C@H]3O2)O1. The highest BCUT2D eigenvalue weighted by Gasteiger charge is 2.60. The van der Waals surface area contributed by atoms with Crippen molar-refractivity contribution in [3.05, 3.63) is 64.3 Å². The Balaban J connectivity index is 1.30. The number of carbonyl (C=O) groups is 1. The molecule has 5 unspecified atom stereocenters. The fraction of sp³-hybridized carbons (Fsp3) is 0.833. The van der Waals surface area contributed by atoms with Gasteiger partial charge in [0.1, 0.15) is 30.2 Å². The van der Waals surface area contributed by atoms with Crippen molar-refractivity contribution in [3.8, 4) is 0 Å². The zero-order valence-corrected chi connectivity index (χ0v) is 75.5. The second-order valence-electron chi connectivity index (χ2n) is 38.2. The Kier molecular flexibility index (Phi) is 29.9. The van der Waals surface area contributed by atoms with Gasteiger partial charge in [-0.05, 0) is 192 Å². The van der Waals surface area contributed by atoms with Gasteiger partial charge in [0.2, 0.25) is 0 Å². The van der Waals surface area contributed by atoms with Crippen molar-refractivity contribution in [3.63, 3.8) is 0 Å². The summed E-state index contributed by atoms with van der Waals surface area (Å²) >= 11 is -0.292. The first-order chi connectivity index (χ1) is 46.3. The normalized spacial score (nSPS) is 31.0. The molecule has 7 rings (SSSR count). The average Bonchev–Trinajstić information content (AvgIpc) is 1.20. The number of hydrogen-bond acceptors (Lipinski definition) is 16. The lowest BCUT2D eigenvalue weighted by Gasteiger charge is -2.56. The summed E-state index contributed by atoms with van der Waals surface area (Å²) in [6.45, 7) is 69.9. The molecule has 0 saturated carbocycles. The van der Waals surface area contributed by atoms with Gasteiger partial charge in [-0.1, -0.05) is 159 Å². The number of hydrogen-bond donors (Lipinski definition) is 0. The predicted octanol–water partition coefficient (Wildman–Crippen LogP) is 19.0. The van der Waals surface area contributed by atoms with Gasteiger partial charge in [-0.2, -0.15) is 0 Å². The van der Waals surface area contributed by atoms with Crippen molar-refractivity contribution in [2.24, 2.45) is 11.8 Å². The molecule has 1 aromatic carbocycles. The van der Waals surface area contributed by atoms with Crippen LogP contribution in [0, 0.1) is 11.8 Å². The average molecular weight is 1630 g/mol. The molecule has 6 fully saturated rings. The largest absolute Gasteiger partial charge is 0.768 e. The van der Waals surface area contributed by atoms with Crippen LogP contribution < -0.4 is 0 Å². The second kappa shape index (κ2) is 34.4. The molecule has 0 aromatic heterocycles. The summed E-state index contributed by atoms with van der Waals surface area (Å²) in [6.07, 6.45) is 2.17. The number of halogens is 1. The topological polar surface area (TPSA) is 177 Å². The lowest BCUT2D eigenvalue weighted by atomic mass is 9.77. The van der Waals surface area contributed by atoms with Crippen LogP contribution in [0.2, 0.25) is 90.7 Å². The summed E-state index contributed by atoms with van der Waals surface area (Å²) in [5, 5.41) is -0.629. The zero-order valence-electron chi connectivity index (χ0n) is 67.6. The molecule has 0 N–H and O–H groups in total. The number of ketones is 1. The van der Waals surface area contributed by atoms with Crippen molar-refractivity contribution < 1.29 is 73.6 Å². The van der Waals surface area contributed by atoms with Crippen molar-refractivity contribution >= 4 is 81.0 Å². The van der Waals surface area contributed by atoms with E-state index in [-0.39, 0.29) is 85.0 Å². The van der Waals surface area contributed by atoms with E-state index in [0.717, 1.165) is 49.7 Å². The molecule has 1 aromatic rings. The molecule has 0 bridgehead atoms. The molecule has 0 radical (unpaired) electrons. The Morgan fingerprint density at radius 3 is 1.81 bits per heavy atom. The minimum atomic E-state index is -2.67. The van der Waals surface area contributed by atoms with E-state index >= 15 is 4.79 Å². The van der Waals surface area contributed by atoms with Gasteiger partial charge in [0, 0.05) is 43.6 Å². The number of ether oxygens (including phenoxy) is 8. The Morgan fingerprint density at radius 2 is 1.25 bits per heavy atom. The van der Waals surface area contributed by atoms with Crippen LogP contribution in [-0.2, 0) is 75.9 Å². The van der Waals surface area contributed by atoms with Crippen LogP contribution in [0.15, 0.2) is 63.6 Å². The van der Waals surface area contributed by atoms with E-state index in [9.17, 15) is 8.76 Å². The molecule has 16 nitrogen and oxygen atoms in total. The third-order valence-corrected chi connectivity index (χ3v) is 49.1. The summed E-state index contributed by atoms with van der Waals surface area (Å²) < 4.78 is 121. The fourth-order valence-corrected chi connectivity index (χ4v) is 21.1. The van der Waals surface area contributed by atoms with Crippen molar-refractivity contribution in [1.29, 1.82) is 0 Å². The molecule has 6 saturated heterocycles. The zero-order chi connectivity index (χ0) is 75.8. The number of Topliss-reactive ketones (excluding diaryl/α,β-unsaturated/α-hetero) is 1. The smallest absolute Gasteiger partial charge is 0.193 e. The minimum Gasteiger partial charge on any atom is -0.768 e. The Labute approximate surface area is 633 Å². The van der Waals surface area contributed by atoms with E-state index in [2.05, 4.69) is 211 Å². The maximum absolute atomic E-state index is 16.7. The summed E-state index contributed by atoms with van der Waals surface area (Å²) in [6, 6.07) is 6.84. The number of carbonyl (C=O) groups excluding carboxylic acids is 1. The van der Waals surface area contributed by atoms with E-state index in [4.69, 9.17) is 66.6 Å². The minimum absolute atomic E-state index is 0.0331. The molecule has 580 valence electrons. The van der Waals surface area contributed by atoms with Crippen LogP contribution in [0.1, 0.15) is 193 Å². The molecule has 101 heavy (non-hydrogen) atoms. The summed E-state index contributed by atoms with van der Waals surface area (Å²) in [5.41, 5.74) is 2.68. The highest BCUT2D eigenvalue weighted by atomic mass is 127. The Hall–Kier alpha value is -0.486. The maximum atomic E-state index is 16.7. The van der Waals surface area contributed by atoms with Gasteiger partial charge in [0.25, 0.3) is 0 Å². The van der Waals surface area contributed by atoms with Gasteiger partial charge in [-0.25, -0.2) is 0 Å². The van der Waals surface area contributed by atoms with E-state index < -0.39 is 126 Å². The van der Waals surface area contributed by atoms with E-state index in [1.54, 1.807) is 25.3 Å². The van der Waals surface area contributed by atoms with Crippen LogP contribution in [0.5, 0.6) is 0 Å². The summed E-state index contributed by atoms with van der Waals surface area (Å²) in [5.74, 6) is -1.36. The summed E-state index contributed by atoms with van der Waals surface area (Å²) in [4.78, 5) is 16.8. The lowest BCUT2D eigenvalue weighted by molar-refractivity contribution is -0.268. The van der Waals surface area contributed by atoms with Crippen molar-refractivity contribution in [1.82, 2.24) is 0 Å². The quantitative estimate of drug-likeness (QED) is 0.0307. The van der Waals surface area contributed by atoms with Gasteiger partial charge in [0.05, 0.1) is 92.9 Å². The predicted molar refractivity (Wildman–Crippen MR) is 427 cm³/mol. The number of methoxy groups -OCH3 is 1. The van der Waals surface area contributed by atoms with Gasteiger partial charge in [-0.15, -0.1) is 0 Å². The first-order valence-electron chi connectivity index (χ1n) is 38.1. The van der Waals surface area contributed by atoms with Crippen LogP contribution in [0.4, 0.5) is 0 Å². The third kappa shape index (κ3) is 22.0. The van der Waals surface area contributed by atoms with Gasteiger partial charge >= 0.3 is 0 Å². The molecular formula is C78H138IO16SSi5-. The maximum Gasteiger partial charge on any atom is 0.193 e. The van der Waals surface area contributed by atoms with E-state index in [1.807, 2.05) is 10.1 Å². The Morgan fingerprint density at radius 1 is 0.683 bits per heavy atom. The third-order valence-electron chi connectivity index (χ3n) is 25.6. The second-order valence-corrected chi connectivity index (χ2v) is 63.7. The number of benzene rings is 1. The van der Waals surface area contributed by atoms with Crippen LogP contribution in [0.25, 0.3) is 0 Å².